The quantitative estimate of drug-likeness (QED) is 0.448. The van der Waals surface area contributed by atoms with Crippen LogP contribution in [0.15, 0.2) is 18.2 Å². The third-order valence-corrected chi connectivity index (χ3v) is 2.10. The molecule has 0 fully saturated rings. The summed E-state index contributed by atoms with van der Waals surface area (Å²) < 4.78 is 42.9. The van der Waals surface area contributed by atoms with E-state index in [1.54, 1.807) is 4.72 Å². The molecular formula is C7H6NNaO5S. The predicted molar refractivity (Wildman–Crippen MR) is 45.9 cm³/mol. The normalized spacial score (nSPS) is 13.1. The van der Waals surface area contributed by atoms with Crippen LogP contribution in [-0.2, 0) is 10.3 Å². The van der Waals surface area contributed by atoms with Gasteiger partial charge < -0.3 is 14.0 Å². The third-order valence-electron chi connectivity index (χ3n) is 1.62. The molecule has 0 aromatic heterocycles. The maximum atomic E-state index is 10.4. The van der Waals surface area contributed by atoms with Gasteiger partial charge >= 0.3 is 29.6 Å². The Morgan fingerprint density at radius 2 is 1.93 bits per heavy atom. The zero-order valence-corrected chi connectivity index (χ0v) is 10.7. The summed E-state index contributed by atoms with van der Waals surface area (Å²) in [6, 6.07) is 4.33. The number of nitrogens with one attached hydrogen (secondary N) is 1. The number of ether oxygens (including phenoxy) is 2. The maximum absolute atomic E-state index is 10.4. The SMILES string of the molecule is O=S(=O)([O-])Nc1ccc2c(c1)OCO2.[Na+]. The van der Waals surface area contributed by atoms with Crippen LogP contribution in [0.5, 0.6) is 11.5 Å². The molecule has 0 spiro atoms. The molecule has 0 saturated carbocycles. The van der Waals surface area contributed by atoms with Gasteiger partial charge in [0.1, 0.15) is 0 Å². The summed E-state index contributed by atoms with van der Waals surface area (Å²) >= 11 is 0. The van der Waals surface area contributed by atoms with Gasteiger partial charge in [0.2, 0.25) is 6.79 Å². The van der Waals surface area contributed by atoms with Crippen molar-refractivity contribution >= 4 is 16.0 Å². The van der Waals surface area contributed by atoms with Gasteiger partial charge in [-0.25, -0.2) is 8.42 Å². The van der Waals surface area contributed by atoms with Gasteiger partial charge in [0.05, 0.1) is 5.69 Å². The van der Waals surface area contributed by atoms with E-state index in [0.717, 1.165) is 0 Å². The molecule has 2 rings (SSSR count). The Morgan fingerprint density at radius 1 is 1.27 bits per heavy atom. The topological polar surface area (TPSA) is 87.7 Å². The zero-order valence-electron chi connectivity index (χ0n) is 7.89. The third kappa shape index (κ3) is 3.25. The van der Waals surface area contributed by atoms with Crippen molar-refractivity contribution < 1.29 is 52.0 Å². The molecule has 1 aromatic carbocycles. The van der Waals surface area contributed by atoms with Gasteiger partial charge in [0, 0.05) is 6.07 Å². The second kappa shape index (κ2) is 4.58. The van der Waals surface area contributed by atoms with Crippen LogP contribution >= 0.6 is 0 Å². The zero-order chi connectivity index (χ0) is 10.2. The number of rotatable bonds is 2. The molecule has 76 valence electrons. The van der Waals surface area contributed by atoms with E-state index >= 15 is 0 Å². The molecule has 0 bridgehead atoms. The smallest absolute Gasteiger partial charge is 0.731 e. The molecule has 8 heteroatoms. The van der Waals surface area contributed by atoms with Crippen molar-refractivity contribution in [3.8, 4) is 11.5 Å². The van der Waals surface area contributed by atoms with Crippen molar-refractivity contribution in [2.75, 3.05) is 11.5 Å². The fourth-order valence-corrected chi connectivity index (χ4v) is 1.52. The average Bonchev–Trinajstić information content (AvgIpc) is 2.47. The summed E-state index contributed by atoms with van der Waals surface area (Å²) in [5, 5.41) is 0. The van der Waals surface area contributed by atoms with Gasteiger partial charge in [0.25, 0.3) is 0 Å². The predicted octanol–water partition coefficient (Wildman–Crippen LogP) is -2.71. The molecule has 0 aliphatic carbocycles. The molecule has 6 nitrogen and oxygen atoms in total. The van der Waals surface area contributed by atoms with Crippen LogP contribution in [0.25, 0.3) is 0 Å². The molecule has 1 aromatic rings. The number of hydrogen-bond acceptors (Lipinski definition) is 5. The molecular weight excluding hydrogens is 233 g/mol. The Labute approximate surface area is 109 Å². The van der Waals surface area contributed by atoms with Crippen LogP contribution in [0, 0.1) is 0 Å². The molecule has 0 amide bonds. The van der Waals surface area contributed by atoms with Crippen LogP contribution in [0.2, 0.25) is 0 Å². The largest absolute Gasteiger partial charge is 1.00 e. The van der Waals surface area contributed by atoms with E-state index in [0.29, 0.717) is 11.5 Å². The summed E-state index contributed by atoms with van der Waals surface area (Å²) in [6.07, 6.45) is 0. The molecule has 1 N–H and O–H groups in total. The van der Waals surface area contributed by atoms with Crippen molar-refractivity contribution in [2.24, 2.45) is 0 Å². The Balaban J connectivity index is 0.00000112. The number of fused-ring (bicyclic) bond motifs is 1. The average molecular weight is 239 g/mol. The molecule has 0 atom stereocenters. The van der Waals surface area contributed by atoms with Crippen molar-refractivity contribution in [2.45, 2.75) is 0 Å². The van der Waals surface area contributed by atoms with E-state index in [-0.39, 0.29) is 42.0 Å². The van der Waals surface area contributed by atoms with Gasteiger partial charge in [-0.15, -0.1) is 0 Å². The second-order valence-corrected chi connectivity index (χ2v) is 3.74. The van der Waals surface area contributed by atoms with Gasteiger partial charge in [0.15, 0.2) is 21.8 Å². The fraction of sp³-hybridized carbons (Fsp3) is 0.143. The minimum atomic E-state index is -4.49. The van der Waals surface area contributed by atoms with Gasteiger partial charge in [-0.05, 0) is 12.1 Å². The molecule has 1 heterocycles. The van der Waals surface area contributed by atoms with E-state index in [2.05, 4.69) is 0 Å². The van der Waals surface area contributed by atoms with Crippen molar-refractivity contribution in [1.29, 1.82) is 0 Å². The van der Waals surface area contributed by atoms with Gasteiger partial charge in [-0.2, -0.15) is 0 Å². The van der Waals surface area contributed by atoms with Crippen LogP contribution in [0.1, 0.15) is 0 Å². The van der Waals surface area contributed by atoms with Gasteiger partial charge in [-0.3, -0.25) is 4.72 Å². The minimum absolute atomic E-state index is 0. The molecule has 0 unspecified atom stereocenters. The molecule has 0 radical (unpaired) electrons. The van der Waals surface area contributed by atoms with E-state index in [9.17, 15) is 13.0 Å². The first kappa shape index (κ1) is 12.6. The minimum Gasteiger partial charge on any atom is -0.731 e. The van der Waals surface area contributed by atoms with E-state index in [1.165, 1.54) is 18.2 Å². The van der Waals surface area contributed by atoms with Crippen molar-refractivity contribution in [1.82, 2.24) is 0 Å². The van der Waals surface area contributed by atoms with E-state index in [4.69, 9.17) is 9.47 Å². The second-order valence-electron chi connectivity index (χ2n) is 2.62. The van der Waals surface area contributed by atoms with Crippen LogP contribution in [0.3, 0.4) is 0 Å². The standard InChI is InChI=1S/C7H7NO5S.Na/c9-14(10,11)8-5-1-2-6-7(3-5)13-4-12-6;/h1-3,8H,4H2,(H,9,10,11);/q;+1/p-1. The first-order valence-corrected chi connectivity index (χ1v) is 5.09. The van der Waals surface area contributed by atoms with E-state index in [1.807, 2.05) is 0 Å². The molecule has 1 aliphatic rings. The summed E-state index contributed by atoms with van der Waals surface area (Å²) in [7, 11) is -4.49. The van der Waals surface area contributed by atoms with Gasteiger partial charge in [-0.1, -0.05) is 0 Å². The maximum Gasteiger partial charge on any atom is 1.00 e. The van der Waals surface area contributed by atoms with E-state index < -0.39 is 10.3 Å². The molecule has 15 heavy (non-hydrogen) atoms. The number of anilines is 1. The summed E-state index contributed by atoms with van der Waals surface area (Å²) in [4.78, 5) is 0. The Hall–Kier alpha value is -0.470. The first-order chi connectivity index (χ1) is 6.54. The summed E-state index contributed by atoms with van der Waals surface area (Å²) in [6.45, 7) is 0.100. The summed E-state index contributed by atoms with van der Waals surface area (Å²) in [5.74, 6) is 0.942. The first-order valence-electron chi connectivity index (χ1n) is 3.68. The summed E-state index contributed by atoms with van der Waals surface area (Å²) in [5.41, 5.74) is 0.157. The Kier molecular flexibility index (Phi) is 3.85. The molecule has 1 aliphatic heterocycles. The van der Waals surface area contributed by atoms with Crippen molar-refractivity contribution in [3.05, 3.63) is 18.2 Å². The Bertz CT molecular complexity index is 460. The number of benzene rings is 1. The van der Waals surface area contributed by atoms with Crippen LogP contribution < -0.4 is 43.8 Å². The van der Waals surface area contributed by atoms with Crippen LogP contribution in [-0.4, -0.2) is 19.8 Å². The molecule has 0 saturated heterocycles. The number of hydrogen-bond donors (Lipinski definition) is 1. The van der Waals surface area contributed by atoms with Crippen LogP contribution in [0.4, 0.5) is 5.69 Å². The fourth-order valence-electron chi connectivity index (χ4n) is 1.10. The van der Waals surface area contributed by atoms with Crippen molar-refractivity contribution in [3.63, 3.8) is 0 Å². The Morgan fingerprint density at radius 3 is 2.60 bits per heavy atom. The monoisotopic (exact) mass is 239 g/mol.